The van der Waals surface area contributed by atoms with Crippen LogP contribution in [0, 0.1) is 0 Å². The Morgan fingerprint density at radius 2 is 1.38 bits per heavy atom. The van der Waals surface area contributed by atoms with Gasteiger partial charge in [-0.25, -0.2) is 0 Å². The fourth-order valence-electron chi connectivity index (χ4n) is 3.29. The van der Waals surface area contributed by atoms with E-state index in [-0.39, 0.29) is 5.91 Å². The molecule has 170 valence electrons. The molecule has 0 aromatic heterocycles. The number of hydrogen-bond acceptors (Lipinski definition) is 3. The third-order valence-electron chi connectivity index (χ3n) is 5.25. The summed E-state index contributed by atoms with van der Waals surface area (Å²) in [7, 11) is 0. The number of rotatable bonds is 21. The Balaban J connectivity index is 3.28. The van der Waals surface area contributed by atoms with Gasteiger partial charge in [0.15, 0.2) is 0 Å². The molecule has 0 rings (SSSR count). The van der Waals surface area contributed by atoms with Crippen molar-refractivity contribution in [1.29, 1.82) is 0 Å². The minimum absolute atomic E-state index is 0.102. The van der Waals surface area contributed by atoms with Crippen molar-refractivity contribution < 1.29 is 14.7 Å². The molecular formula is C24H46N2O3. The average Bonchev–Trinajstić information content (AvgIpc) is 2.70. The number of unbranched alkanes of at least 4 members (excludes halogenated alkanes) is 12. The van der Waals surface area contributed by atoms with Crippen LogP contribution in [0.5, 0.6) is 0 Å². The van der Waals surface area contributed by atoms with E-state index < -0.39 is 12.0 Å². The predicted octanol–water partition coefficient (Wildman–Crippen LogP) is 5.72. The quantitative estimate of drug-likeness (QED) is 0.167. The lowest BCUT2D eigenvalue weighted by atomic mass is 10.1. The first-order valence-corrected chi connectivity index (χ1v) is 12.0. The fraction of sp³-hybridized carbons (Fsp3) is 0.833. The summed E-state index contributed by atoms with van der Waals surface area (Å²) in [6.07, 6.45) is 23.6. The van der Waals surface area contributed by atoms with Crippen LogP contribution in [-0.2, 0) is 9.59 Å². The van der Waals surface area contributed by atoms with Crippen molar-refractivity contribution in [2.45, 2.75) is 122 Å². The number of aliphatic carboxylic acids is 1. The predicted molar refractivity (Wildman–Crippen MR) is 122 cm³/mol. The molecule has 0 aliphatic heterocycles. The second kappa shape index (κ2) is 21.4. The molecule has 0 unspecified atom stereocenters. The van der Waals surface area contributed by atoms with Crippen LogP contribution in [-0.4, -0.2) is 29.6 Å². The molecule has 0 aromatic rings. The van der Waals surface area contributed by atoms with Gasteiger partial charge in [-0.1, -0.05) is 70.4 Å². The normalized spacial score (nSPS) is 12.3. The van der Waals surface area contributed by atoms with E-state index in [2.05, 4.69) is 24.4 Å². The van der Waals surface area contributed by atoms with Crippen LogP contribution in [0.2, 0.25) is 0 Å². The van der Waals surface area contributed by atoms with E-state index in [1.54, 1.807) is 0 Å². The van der Waals surface area contributed by atoms with Crippen LogP contribution < -0.4 is 11.1 Å². The van der Waals surface area contributed by atoms with E-state index in [0.29, 0.717) is 19.4 Å². The van der Waals surface area contributed by atoms with Crippen LogP contribution in [0.25, 0.3) is 0 Å². The van der Waals surface area contributed by atoms with E-state index >= 15 is 0 Å². The summed E-state index contributed by atoms with van der Waals surface area (Å²) in [6, 6.07) is -0.790. The number of carbonyl (C=O) groups is 2. The first-order chi connectivity index (χ1) is 14.1. The molecule has 0 heterocycles. The summed E-state index contributed by atoms with van der Waals surface area (Å²) >= 11 is 0. The smallest absolute Gasteiger partial charge is 0.320 e. The molecular weight excluding hydrogens is 364 g/mol. The second-order valence-corrected chi connectivity index (χ2v) is 8.12. The summed E-state index contributed by atoms with van der Waals surface area (Å²) in [5.41, 5.74) is 5.44. The van der Waals surface area contributed by atoms with Crippen molar-refractivity contribution in [3.63, 3.8) is 0 Å². The van der Waals surface area contributed by atoms with E-state index in [4.69, 9.17) is 10.8 Å². The Morgan fingerprint density at radius 3 is 1.97 bits per heavy atom. The van der Waals surface area contributed by atoms with Gasteiger partial charge in [0.25, 0.3) is 0 Å². The number of hydrogen-bond donors (Lipinski definition) is 3. The topological polar surface area (TPSA) is 92.4 Å². The molecule has 5 heteroatoms. The Morgan fingerprint density at radius 1 is 0.828 bits per heavy atom. The third-order valence-corrected chi connectivity index (χ3v) is 5.25. The first kappa shape index (κ1) is 27.6. The zero-order valence-corrected chi connectivity index (χ0v) is 18.8. The minimum atomic E-state index is -0.960. The van der Waals surface area contributed by atoms with Gasteiger partial charge < -0.3 is 16.2 Å². The summed E-state index contributed by atoms with van der Waals surface area (Å²) < 4.78 is 0. The monoisotopic (exact) mass is 410 g/mol. The fourth-order valence-corrected chi connectivity index (χ4v) is 3.29. The number of amides is 1. The number of allylic oxidation sites excluding steroid dienone is 2. The molecule has 0 spiro atoms. The summed E-state index contributed by atoms with van der Waals surface area (Å²) in [4.78, 5) is 22.3. The molecule has 1 amide bonds. The Hall–Kier alpha value is -1.36. The molecule has 5 nitrogen and oxygen atoms in total. The molecule has 0 aliphatic carbocycles. The Kier molecular flexibility index (Phi) is 20.3. The maximum atomic E-state index is 11.7. The summed E-state index contributed by atoms with van der Waals surface area (Å²) in [5.74, 6) is -0.858. The molecule has 0 saturated carbocycles. The van der Waals surface area contributed by atoms with Gasteiger partial charge in [0, 0.05) is 13.0 Å². The van der Waals surface area contributed by atoms with Gasteiger partial charge in [-0.3, -0.25) is 9.59 Å². The molecule has 0 aromatic carbocycles. The van der Waals surface area contributed by atoms with Gasteiger partial charge in [-0.15, -0.1) is 0 Å². The van der Waals surface area contributed by atoms with Crippen molar-refractivity contribution in [2.24, 2.45) is 5.73 Å². The third kappa shape index (κ3) is 21.2. The zero-order valence-electron chi connectivity index (χ0n) is 18.8. The van der Waals surface area contributed by atoms with Crippen LogP contribution in [0.1, 0.15) is 116 Å². The Bertz CT molecular complexity index is 424. The highest BCUT2D eigenvalue weighted by Gasteiger charge is 2.10. The lowest BCUT2D eigenvalue weighted by molar-refractivity contribution is -0.138. The van der Waals surface area contributed by atoms with Crippen LogP contribution in [0.15, 0.2) is 12.2 Å². The van der Waals surface area contributed by atoms with Gasteiger partial charge >= 0.3 is 5.97 Å². The maximum absolute atomic E-state index is 11.7. The SMILES string of the molecule is CCCCCCCC/C=C\CCCCCCCC(=O)NCCCC[C@H](N)C(=O)O. The van der Waals surface area contributed by atoms with Gasteiger partial charge in [-0.05, 0) is 51.4 Å². The van der Waals surface area contributed by atoms with Crippen LogP contribution in [0.4, 0.5) is 0 Å². The van der Waals surface area contributed by atoms with Gasteiger partial charge in [0.05, 0.1) is 0 Å². The number of nitrogens with one attached hydrogen (secondary N) is 1. The molecule has 0 radical (unpaired) electrons. The minimum Gasteiger partial charge on any atom is -0.480 e. The van der Waals surface area contributed by atoms with E-state index in [1.807, 2.05) is 0 Å². The van der Waals surface area contributed by atoms with Crippen molar-refractivity contribution >= 4 is 11.9 Å². The average molecular weight is 411 g/mol. The number of carbonyl (C=O) groups excluding carboxylic acids is 1. The van der Waals surface area contributed by atoms with Gasteiger partial charge in [0.2, 0.25) is 5.91 Å². The van der Waals surface area contributed by atoms with Crippen molar-refractivity contribution in [3.8, 4) is 0 Å². The number of carboxylic acid groups (broad SMARTS) is 1. The van der Waals surface area contributed by atoms with E-state index in [0.717, 1.165) is 25.7 Å². The molecule has 4 N–H and O–H groups in total. The van der Waals surface area contributed by atoms with E-state index in [9.17, 15) is 9.59 Å². The summed E-state index contributed by atoms with van der Waals surface area (Å²) in [5, 5.41) is 11.6. The zero-order chi connectivity index (χ0) is 21.6. The molecule has 0 bridgehead atoms. The van der Waals surface area contributed by atoms with Crippen molar-refractivity contribution in [2.75, 3.05) is 6.54 Å². The maximum Gasteiger partial charge on any atom is 0.320 e. The highest BCUT2D eigenvalue weighted by molar-refractivity contribution is 5.75. The molecule has 0 aliphatic rings. The van der Waals surface area contributed by atoms with Crippen LogP contribution >= 0.6 is 0 Å². The molecule has 0 saturated heterocycles. The number of nitrogens with two attached hydrogens (primary N) is 1. The van der Waals surface area contributed by atoms with Crippen molar-refractivity contribution in [1.82, 2.24) is 5.32 Å². The Labute approximate surface area is 178 Å². The van der Waals surface area contributed by atoms with Crippen molar-refractivity contribution in [3.05, 3.63) is 12.2 Å². The molecule has 1 atom stereocenters. The largest absolute Gasteiger partial charge is 0.480 e. The molecule has 29 heavy (non-hydrogen) atoms. The van der Waals surface area contributed by atoms with Crippen LogP contribution in [0.3, 0.4) is 0 Å². The number of carboxylic acids is 1. The molecule has 0 fully saturated rings. The second-order valence-electron chi connectivity index (χ2n) is 8.12. The lowest BCUT2D eigenvalue weighted by Gasteiger charge is -2.07. The first-order valence-electron chi connectivity index (χ1n) is 12.0. The van der Waals surface area contributed by atoms with Gasteiger partial charge in [-0.2, -0.15) is 0 Å². The standard InChI is InChI=1S/C24H46N2O3/c1-2-3-4-5-6-7-8-9-10-11-12-13-14-15-16-20-23(27)26-21-18-17-19-22(25)24(28)29/h9-10,22H,2-8,11-21,25H2,1H3,(H,26,27)(H,28,29)/b10-9-/t22-/m0/s1. The lowest BCUT2D eigenvalue weighted by Crippen LogP contribution is -2.30. The summed E-state index contributed by atoms with van der Waals surface area (Å²) in [6.45, 7) is 2.87. The highest BCUT2D eigenvalue weighted by atomic mass is 16.4. The highest BCUT2D eigenvalue weighted by Crippen LogP contribution is 2.10. The van der Waals surface area contributed by atoms with Gasteiger partial charge in [0.1, 0.15) is 6.04 Å². The van der Waals surface area contributed by atoms with E-state index in [1.165, 1.54) is 70.6 Å².